The third-order valence-electron chi connectivity index (χ3n) is 3.94. The van der Waals surface area contributed by atoms with E-state index in [4.69, 9.17) is 0 Å². The molecule has 110 valence electrons. The molecule has 1 aliphatic carbocycles. The largest absolute Gasteiger partial charge is 0.295 e. The fourth-order valence-electron chi connectivity index (χ4n) is 2.69. The molecule has 20 heavy (non-hydrogen) atoms. The minimum atomic E-state index is -3.47. The molecule has 5 heteroatoms. The molecule has 0 radical (unpaired) electrons. The normalized spacial score (nSPS) is 22.9. The first-order valence-electron chi connectivity index (χ1n) is 6.99. The average molecular weight is 295 g/mol. The molecule has 0 amide bonds. The summed E-state index contributed by atoms with van der Waals surface area (Å²) >= 11 is 0. The summed E-state index contributed by atoms with van der Waals surface area (Å²) in [7, 11) is -3.47. The van der Waals surface area contributed by atoms with Crippen LogP contribution in [-0.4, -0.2) is 20.7 Å². The number of carbonyl (C=O) groups excluding carboxylic acids is 1. The van der Waals surface area contributed by atoms with Crippen molar-refractivity contribution in [2.24, 2.45) is 11.8 Å². The summed E-state index contributed by atoms with van der Waals surface area (Å²) in [6, 6.07) is 6.07. The molecule has 0 saturated heterocycles. The molecule has 0 bridgehead atoms. The lowest BCUT2D eigenvalue weighted by atomic mass is 10.1. The smallest absolute Gasteiger partial charge is 0.240 e. The molecule has 2 rings (SSSR count). The molecule has 1 aromatic carbocycles. The number of sulfonamides is 1. The van der Waals surface area contributed by atoms with Crippen molar-refractivity contribution >= 4 is 15.8 Å². The van der Waals surface area contributed by atoms with Crippen LogP contribution in [-0.2, 0) is 10.0 Å². The van der Waals surface area contributed by atoms with Crippen LogP contribution in [0.25, 0.3) is 0 Å². The van der Waals surface area contributed by atoms with Crippen molar-refractivity contribution in [2.45, 2.75) is 38.0 Å². The zero-order chi connectivity index (χ0) is 14.8. The second-order valence-corrected chi connectivity index (χ2v) is 7.48. The Balaban J connectivity index is 2.00. The summed E-state index contributed by atoms with van der Waals surface area (Å²) in [4.78, 5) is 11.4. The summed E-state index contributed by atoms with van der Waals surface area (Å²) in [5.41, 5.74) is 0.522. The topological polar surface area (TPSA) is 63.2 Å². The maximum atomic E-state index is 12.2. The van der Waals surface area contributed by atoms with Crippen LogP contribution in [0.4, 0.5) is 0 Å². The second-order valence-electron chi connectivity index (χ2n) is 5.72. The molecule has 2 unspecified atom stereocenters. The van der Waals surface area contributed by atoms with E-state index in [2.05, 4.69) is 11.6 Å². The Morgan fingerprint density at radius 2 is 1.90 bits per heavy atom. The van der Waals surface area contributed by atoms with E-state index < -0.39 is 10.0 Å². The molecule has 4 nitrogen and oxygen atoms in total. The number of benzene rings is 1. The molecule has 0 heterocycles. The SMILES string of the molecule is CC(=O)c1ccc(S(=O)(=O)NCC2CCC(C)C2)cc1. The van der Waals surface area contributed by atoms with Gasteiger partial charge in [-0.15, -0.1) is 0 Å². The highest BCUT2D eigenvalue weighted by atomic mass is 32.2. The standard InChI is InChI=1S/C15H21NO3S/c1-11-3-4-13(9-11)10-16-20(18,19)15-7-5-14(6-8-15)12(2)17/h5-8,11,13,16H,3-4,9-10H2,1-2H3. The van der Waals surface area contributed by atoms with Crippen molar-refractivity contribution in [3.05, 3.63) is 29.8 Å². The van der Waals surface area contributed by atoms with Crippen molar-refractivity contribution < 1.29 is 13.2 Å². The first-order chi connectivity index (χ1) is 9.38. The van der Waals surface area contributed by atoms with Gasteiger partial charge in [-0.25, -0.2) is 13.1 Å². The number of Topliss-reactive ketones (excluding diaryl/α,β-unsaturated/α-hetero) is 1. The number of carbonyl (C=O) groups is 1. The van der Waals surface area contributed by atoms with Crippen LogP contribution in [0.15, 0.2) is 29.2 Å². The fraction of sp³-hybridized carbons (Fsp3) is 0.533. The highest BCUT2D eigenvalue weighted by molar-refractivity contribution is 7.89. The number of hydrogen-bond acceptors (Lipinski definition) is 3. The van der Waals surface area contributed by atoms with Gasteiger partial charge < -0.3 is 0 Å². The van der Waals surface area contributed by atoms with E-state index in [9.17, 15) is 13.2 Å². The number of hydrogen-bond donors (Lipinski definition) is 1. The number of rotatable bonds is 5. The van der Waals surface area contributed by atoms with Crippen LogP contribution in [0.1, 0.15) is 43.5 Å². The van der Waals surface area contributed by atoms with Gasteiger partial charge in [-0.1, -0.05) is 25.5 Å². The van der Waals surface area contributed by atoms with Crippen LogP contribution in [0.2, 0.25) is 0 Å². The summed E-state index contributed by atoms with van der Waals surface area (Å²) < 4.78 is 27.0. The lowest BCUT2D eigenvalue weighted by molar-refractivity contribution is 0.101. The molecule has 2 atom stereocenters. The molecule has 1 N–H and O–H groups in total. The van der Waals surface area contributed by atoms with Gasteiger partial charge in [0, 0.05) is 12.1 Å². The average Bonchev–Trinajstić information content (AvgIpc) is 2.82. The maximum absolute atomic E-state index is 12.2. The molecule has 0 aromatic heterocycles. The fourth-order valence-corrected chi connectivity index (χ4v) is 3.81. The Labute approximate surface area is 120 Å². The Morgan fingerprint density at radius 3 is 2.40 bits per heavy atom. The van der Waals surface area contributed by atoms with E-state index in [1.54, 1.807) is 12.1 Å². The molecule has 0 spiro atoms. The number of nitrogens with one attached hydrogen (secondary N) is 1. The maximum Gasteiger partial charge on any atom is 0.240 e. The molecule has 0 aliphatic heterocycles. The Bertz CT molecular complexity index is 578. The van der Waals surface area contributed by atoms with Gasteiger partial charge >= 0.3 is 0 Å². The first kappa shape index (κ1) is 15.2. The lowest BCUT2D eigenvalue weighted by Crippen LogP contribution is -2.28. The van der Waals surface area contributed by atoms with Crippen LogP contribution in [0.5, 0.6) is 0 Å². The van der Waals surface area contributed by atoms with Crippen LogP contribution in [0, 0.1) is 11.8 Å². The Morgan fingerprint density at radius 1 is 1.25 bits per heavy atom. The van der Waals surface area contributed by atoms with Crippen LogP contribution in [0.3, 0.4) is 0 Å². The van der Waals surface area contributed by atoms with E-state index in [1.807, 2.05) is 0 Å². The molecule has 1 aromatic rings. The van der Waals surface area contributed by atoms with Crippen molar-refractivity contribution in [2.75, 3.05) is 6.54 Å². The highest BCUT2D eigenvalue weighted by Gasteiger charge is 2.23. The Hall–Kier alpha value is -1.20. The second kappa shape index (κ2) is 6.06. The van der Waals surface area contributed by atoms with Gasteiger partial charge in [-0.3, -0.25) is 4.79 Å². The monoisotopic (exact) mass is 295 g/mol. The van der Waals surface area contributed by atoms with E-state index >= 15 is 0 Å². The molecule has 1 aliphatic rings. The lowest BCUT2D eigenvalue weighted by Gasteiger charge is -2.12. The van der Waals surface area contributed by atoms with E-state index in [-0.39, 0.29) is 10.7 Å². The molecule has 1 saturated carbocycles. The van der Waals surface area contributed by atoms with E-state index in [1.165, 1.54) is 25.5 Å². The summed E-state index contributed by atoms with van der Waals surface area (Å²) in [5, 5.41) is 0. The van der Waals surface area contributed by atoms with E-state index in [0.29, 0.717) is 23.9 Å². The van der Waals surface area contributed by atoms with E-state index in [0.717, 1.165) is 12.8 Å². The minimum absolute atomic E-state index is 0.0677. The predicted molar refractivity (Wildman–Crippen MR) is 78.1 cm³/mol. The summed E-state index contributed by atoms with van der Waals surface area (Å²) in [6.07, 6.45) is 3.36. The van der Waals surface area contributed by atoms with Crippen molar-refractivity contribution in [3.63, 3.8) is 0 Å². The van der Waals surface area contributed by atoms with Gasteiger partial charge in [0.25, 0.3) is 0 Å². The highest BCUT2D eigenvalue weighted by Crippen LogP contribution is 2.29. The van der Waals surface area contributed by atoms with Crippen molar-refractivity contribution in [3.8, 4) is 0 Å². The number of ketones is 1. The van der Waals surface area contributed by atoms with Gasteiger partial charge in [-0.2, -0.15) is 0 Å². The van der Waals surface area contributed by atoms with Gasteiger partial charge in [0.05, 0.1) is 4.90 Å². The predicted octanol–water partition coefficient (Wildman–Crippen LogP) is 2.60. The molecule has 1 fully saturated rings. The van der Waals surface area contributed by atoms with Crippen LogP contribution >= 0.6 is 0 Å². The summed E-state index contributed by atoms with van der Waals surface area (Å²) in [6.45, 7) is 4.17. The molecular weight excluding hydrogens is 274 g/mol. The van der Waals surface area contributed by atoms with Gasteiger partial charge in [0.15, 0.2) is 5.78 Å². The minimum Gasteiger partial charge on any atom is -0.295 e. The zero-order valence-electron chi connectivity index (χ0n) is 11.9. The van der Waals surface area contributed by atoms with Crippen LogP contribution < -0.4 is 4.72 Å². The third-order valence-corrected chi connectivity index (χ3v) is 5.38. The quantitative estimate of drug-likeness (QED) is 0.849. The first-order valence-corrected chi connectivity index (χ1v) is 8.47. The van der Waals surface area contributed by atoms with Gasteiger partial charge in [0.1, 0.15) is 0 Å². The third kappa shape index (κ3) is 3.67. The molecular formula is C15H21NO3S. The van der Waals surface area contributed by atoms with Gasteiger partial charge in [-0.05, 0) is 43.7 Å². The van der Waals surface area contributed by atoms with Crippen molar-refractivity contribution in [1.29, 1.82) is 0 Å². The zero-order valence-corrected chi connectivity index (χ0v) is 12.7. The Kier molecular flexibility index (Phi) is 4.60. The van der Waals surface area contributed by atoms with Gasteiger partial charge in [0.2, 0.25) is 10.0 Å². The summed E-state index contributed by atoms with van der Waals surface area (Å²) in [5.74, 6) is 1.07. The van der Waals surface area contributed by atoms with Crippen molar-refractivity contribution in [1.82, 2.24) is 4.72 Å².